The first-order valence-electron chi connectivity index (χ1n) is 4.94. The summed E-state index contributed by atoms with van der Waals surface area (Å²) in [5.41, 5.74) is 0. The van der Waals surface area contributed by atoms with E-state index in [1.54, 1.807) is 4.90 Å². The van der Waals surface area contributed by atoms with E-state index in [1.165, 1.54) is 0 Å². The van der Waals surface area contributed by atoms with Crippen molar-refractivity contribution in [2.45, 2.75) is 19.2 Å². The fourth-order valence-corrected chi connectivity index (χ4v) is 1.58. The van der Waals surface area contributed by atoms with Crippen LogP contribution in [0.15, 0.2) is 0 Å². The van der Waals surface area contributed by atoms with E-state index < -0.39 is 12.3 Å². The molecule has 1 fully saturated rings. The van der Waals surface area contributed by atoms with Crippen LogP contribution in [0, 0.1) is 5.92 Å². The molecule has 2 atom stereocenters. The smallest absolute Gasteiger partial charge is 0.382 e. The number of aliphatic hydroxyl groups excluding tert-OH is 1. The van der Waals surface area contributed by atoms with Crippen LogP contribution in [0.5, 0.6) is 0 Å². The van der Waals surface area contributed by atoms with E-state index in [1.807, 2.05) is 6.92 Å². The fourth-order valence-electron chi connectivity index (χ4n) is 1.58. The quantitative estimate of drug-likeness (QED) is 0.760. The Morgan fingerprint density at radius 2 is 2.20 bits per heavy atom. The second kappa shape index (κ2) is 5.14. The third-order valence-corrected chi connectivity index (χ3v) is 2.33. The number of hydrogen-bond acceptors (Lipinski definition) is 3. The third kappa shape index (κ3) is 4.36. The molecule has 1 N–H and O–H groups in total. The summed E-state index contributed by atoms with van der Waals surface area (Å²) in [6.07, 6.45) is -6.79. The second-order valence-electron chi connectivity index (χ2n) is 4.00. The van der Waals surface area contributed by atoms with Crippen LogP contribution in [0.25, 0.3) is 0 Å². The molecule has 0 saturated carbocycles. The SMILES string of the molecule is C[C@@H]1COCCN(C[C@@H](O)C(F)(F)F)C1. The van der Waals surface area contributed by atoms with Gasteiger partial charge in [-0.25, -0.2) is 0 Å². The predicted molar refractivity (Wildman–Crippen MR) is 48.5 cm³/mol. The molecule has 6 heteroatoms. The van der Waals surface area contributed by atoms with Gasteiger partial charge in [0.05, 0.1) is 13.2 Å². The number of halogens is 3. The summed E-state index contributed by atoms with van der Waals surface area (Å²) in [5, 5.41) is 8.91. The zero-order valence-electron chi connectivity index (χ0n) is 8.63. The van der Waals surface area contributed by atoms with Crippen LogP contribution in [0.3, 0.4) is 0 Å². The zero-order chi connectivity index (χ0) is 11.5. The highest BCUT2D eigenvalue weighted by atomic mass is 19.4. The van der Waals surface area contributed by atoms with Gasteiger partial charge in [-0.15, -0.1) is 0 Å². The molecule has 1 saturated heterocycles. The number of ether oxygens (including phenoxy) is 1. The third-order valence-electron chi connectivity index (χ3n) is 2.33. The van der Waals surface area contributed by atoms with Crippen LogP contribution in [0.4, 0.5) is 13.2 Å². The maximum absolute atomic E-state index is 12.1. The number of rotatable bonds is 2. The topological polar surface area (TPSA) is 32.7 Å². The molecule has 0 aromatic rings. The lowest BCUT2D eigenvalue weighted by Gasteiger charge is -2.25. The van der Waals surface area contributed by atoms with Gasteiger partial charge < -0.3 is 9.84 Å². The Hall–Kier alpha value is -0.330. The maximum atomic E-state index is 12.1. The number of alkyl halides is 3. The van der Waals surface area contributed by atoms with Crippen molar-refractivity contribution in [3.8, 4) is 0 Å². The molecule has 1 rings (SSSR count). The number of nitrogens with zero attached hydrogens (tertiary/aromatic N) is 1. The number of aliphatic hydroxyl groups is 1. The Bertz CT molecular complexity index is 198. The minimum atomic E-state index is -4.53. The highest BCUT2D eigenvalue weighted by Crippen LogP contribution is 2.21. The Labute approximate surface area is 86.8 Å². The van der Waals surface area contributed by atoms with Gasteiger partial charge in [0.2, 0.25) is 0 Å². The lowest BCUT2D eigenvalue weighted by atomic mass is 10.2. The Morgan fingerprint density at radius 3 is 2.80 bits per heavy atom. The summed E-state index contributed by atoms with van der Waals surface area (Å²) in [5.74, 6) is 0.202. The van der Waals surface area contributed by atoms with E-state index in [2.05, 4.69) is 0 Å². The maximum Gasteiger partial charge on any atom is 0.415 e. The summed E-state index contributed by atoms with van der Waals surface area (Å²) in [7, 11) is 0. The van der Waals surface area contributed by atoms with Crippen molar-refractivity contribution in [2.24, 2.45) is 5.92 Å². The molecule has 90 valence electrons. The molecule has 0 aliphatic carbocycles. The van der Waals surface area contributed by atoms with Crippen LogP contribution >= 0.6 is 0 Å². The van der Waals surface area contributed by atoms with E-state index >= 15 is 0 Å². The van der Waals surface area contributed by atoms with Gasteiger partial charge in [-0.2, -0.15) is 13.2 Å². The van der Waals surface area contributed by atoms with E-state index in [0.717, 1.165) is 0 Å². The molecule has 0 radical (unpaired) electrons. The summed E-state index contributed by atoms with van der Waals surface area (Å²) >= 11 is 0. The number of hydrogen-bond donors (Lipinski definition) is 1. The van der Waals surface area contributed by atoms with Gasteiger partial charge in [0.1, 0.15) is 0 Å². The van der Waals surface area contributed by atoms with Crippen LogP contribution in [-0.4, -0.2) is 55.1 Å². The largest absolute Gasteiger partial charge is 0.415 e. The molecule has 15 heavy (non-hydrogen) atoms. The average molecular weight is 227 g/mol. The van der Waals surface area contributed by atoms with Crippen molar-refractivity contribution in [2.75, 3.05) is 32.8 Å². The van der Waals surface area contributed by atoms with Crippen molar-refractivity contribution in [3.05, 3.63) is 0 Å². The zero-order valence-corrected chi connectivity index (χ0v) is 8.63. The van der Waals surface area contributed by atoms with E-state index in [0.29, 0.717) is 26.3 Å². The molecule has 0 aromatic heterocycles. The standard InChI is InChI=1S/C9H16F3NO2/c1-7-4-13(2-3-15-6-7)5-8(14)9(10,11)12/h7-8,14H,2-6H2,1H3/t7-,8+/m0/s1. The normalized spacial score (nSPS) is 27.4. The van der Waals surface area contributed by atoms with E-state index in [4.69, 9.17) is 9.84 Å². The first-order chi connectivity index (χ1) is 6.89. The molecule has 0 unspecified atom stereocenters. The van der Waals surface area contributed by atoms with E-state index in [-0.39, 0.29) is 12.5 Å². The van der Waals surface area contributed by atoms with Crippen LogP contribution in [0.1, 0.15) is 6.92 Å². The van der Waals surface area contributed by atoms with Gasteiger partial charge in [0, 0.05) is 19.6 Å². The van der Waals surface area contributed by atoms with Crippen molar-refractivity contribution in [1.82, 2.24) is 4.90 Å². The first-order valence-corrected chi connectivity index (χ1v) is 4.94. The first kappa shape index (κ1) is 12.7. The minimum Gasteiger partial charge on any atom is -0.382 e. The lowest BCUT2D eigenvalue weighted by molar-refractivity contribution is -0.208. The lowest BCUT2D eigenvalue weighted by Crippen LogP contribution is -2.42. The van der Waals surface area contributed by atoms with Gasteiger partial charge in [-0.05, 0) is 5.92 Å². The molecular weight excluding hydrogens is 211 g/mol. The van der Waals surface area contributed by atoms with Crippen molar-refractivity contribution in [3.63, 3.8) is 0 Å². The molecule has 1 aliphatic rings. The Morgan fingerprint density at radius 1 is 1.53 bits per heavy atom. The molecule has 0 amide bonds. The fraction of sp³-hybridized carbons (Fsp3) is 1.00. The molecule has 0 bridgehead atoms. The van der Waals surface area contributed by atoms with Gasteiger partial charge in [-0.1, -0.05) is 6.92 Å². The highest BCUT2D eigenvalue weighted by molar-refractivity contribution is 4.74. The monoisotopic (exact) mass is 227 g/mol. The van der Waals surface area contributed by atoms with Crippen LogP contribution in [-0.2, 0) is 4.74 Å². The average Bonchev–Trinajstić information content (AvgIpc) is 2.28. The second-order valence-corrected chi connectivity index (χ2v) is 4.00. The number of β-amino-alcohol motifs (C(OH)–C–C–N with tert-alkyl or cyclic N) is 1. The van der Waals surface area contributed by atoms with Gasteiger partial charge in [0.25, 0.3) is 0 Å². The summed E-state index contributed by atoms with van der Waals surface area (Å²) < 4.78 is 41.5. The van der Waals surface area contributed by atoms with Crippen molar-refractivity contribution < 1.29 is 23.0 Å². The van der Waals surface area contributed by atoms with Crippen molar-refractivity contribution in [1.29, 1.82) is 0 Å². The molecule has 1 aliphatic heterocycles. The van der Waals surface area contributed by atoms with Crippen LogP contribution in [0.2, 0.25) is 0 Å². The molecule has 1 heterocycles. The summed E-state index contributed by atoms with van der Waals surface area (Å²) in [4.78, 5) is 1.59. The molecule has 0 aromatic carbocycles. The van der Waals surface area contributed by atoms with Gasteiger partial charge >= 0.3 is 6.18 Å². The predicted octanol–water partition coefficient (Wildman–Crippen LogP) is 0.878. The summed E-state index contributed by atoms with van der Waals surface area (Å²) in [6, 6.07) is 0. The van der Waals surface area contributed by atoms with Gasteiger partial charge in [-0.3, -0.25) is 4.90 Å². The minimum absolute atomic E-state index is 0.202. The molecular formula is C9H16F3NO2. The Balaban J connectivity index is 2.42. The van der Waals surface area contributed by atoms with E-state index in [9.17, 15) is 13.2 Å². The van der Waals surface area contributed by atoms with Crippen LogP contribution < -0.4 is 0 Å². The Kier molecular flexibility index (Phi) is 4.36. The highest BCUT2D eigenvalue weighted by Gasteiger charge is 2.39. The molecule has 0 spiro atoms. The molecule has 3 nitrogen and oxygen atoms in total. The van der Waals surface area contributed by atoms with Gasteiger partial charge in [0.15, 0.2) is 6.10 Å². The summed E-state index contributed by atoms with van der Waals surface area (Å²) in [6.45, 7) is 3.52. The van der Waals surface area contributed by atoms with Crippen molar-refractivity contribution >= 4 is 0 Å².